The smallest absolute Gasteiger partial charge is 0.266 e. The lowest BCUT2D eigenvalue weighted by Crippen LogP contribution is -2.10. The molecule has 88 valence electrons. The number of rotatable bonds is 3. The van der Waals surface area contributed by atoms with E-state index in [-0.39, 0.29) is 5.91 Å². The Morgan fingerprint density at radius 2 is 2.35 bits per heavy atom. The Bertz CT molecular complexity index is 554. The van der Waals surface area contributed by atoms with E-state index in [9.17, 15) is 4.79 Å². The van der Waals surface area contributed by atoms with Crippen molar-refractivity contribution < 1.29 is 9.32 Å². The van der Waals surface area contributed by atoms with Gasteiger partial charge in [0.05, 0.1) is 4.88 Å². The number of hydrogen-bond acceptors (Lipinski definition) is 4. The number of aromatic nitrogens is 1. The van der Waals surface area contributed by atoms with Crippen LogP contribution < -0.4 is 5.32 Å². The Labute approximate surface area is 103 Å². The van der Waals surface area contributed by atoms with Crippen LogP contribution in [0.15, 0.2) is 22.0 Å². The summed E-state index contributed by atoms with van der Waals surface area (Å²) in [6.45, 7) is 1.79. The standard InChI is InChI=1S/C12H12N2O2S/c1-7-4-11(14-16-7)13-12(15)10-5-9(6-17-10)8-2-3-8/h4-6,8H,2-3H2,1H3,(H,13,14,15). The third-order valence-electron chi connectivity index (χ3n) is 2.76. The molecule has 17 heavy (non-hydrogen) atoms. The highest BCUT2D eigenvalue weighted by Gasteiger charge is 2.25. The van der Waals surface area contributed by atoms with E-state index in [0.29, 0.717) is 17.5 Å². The molecule has 0 bridgehead atoms. The average Bonchev–Trinajstić information content (AvgIpc) is 2.88. The van der Waals surface area contributed by atoms with E-state index in [4.69, 9.17) is 4.52 Å². The van der Waals surface area contributed by atoms with Crippen LogP contribution in [0.1, 0.15) is 39.8 Å². The van der Waals surface area contributed by atoms with Crippen LogP contribution in [0.4, 0.5) is 5.82 Å². The van der Waals surface area contributed by atoms with Crippen LogP contribution in [0.3, 0.4) is 0 Å². The van der Waals surface area contributed by atoms with Gasteiger partial charge in [0.15, 0.2) is 5.82 Å². The lowest BCUT2D eigenvalue weighted by molar-refractivity contribution is 0.102. The van der Waals surface area contributed by atoms with E-state index in [1.165, 1.54) is 29.7 Å². The molecule has 0 spiro atoms. The first-order valence-corrected chi connectivity index (χ1v) is 6.43. The number of thiophene rings is 1. The third-order valence-corrected chi connectivity index (χ3v) is 3.71. The first kappa shape index (κ1) is 10.5. The van der Waals surface area contributed by atoms with Gasteiger partial charge in [-0.05, 0) is 42.7 Å². The van der Waals surface area contributed by atoms with Crippen molar-refractivity contribution in [3.8, 4) is 0 Å². The molecule has 1 aliphatic carbocycles. The quantitative estimate of drug-likeness (QED) is 0.907. The molecule has 0 aliphatic heterocycles. The number of anilines is 1. The Morgan fingerprint density at radius 1 is 1.53 bits per heavy atom. The summed E-state index contributed by atoms with van der Waals surface area (Å²) in [5.41, 5.74) is 1.29. The van der Waals surface area contributed by atoms with Crippen molar-refractivity contribution >= 4 is 23.1 Å². The summed E-state index contributed by atoms with van der Waals surface area (Å²) in [6, 6.07) is 3.68. The Kier molecular flexibility index (Phi) is 2.48. The second kappa shape index (κ2) is 4.00. The first-order chi connectivity index (χ1) is 8.22. The summed E-state index contributed by atoms with van der Waals surface area (Å²) < 4.78 is 4.89. The highest BCUT2D eigenvalue weighted by atomic mass is 32.1. The molecule has 0 unspecified atom stereocenters. The Morgan fingerprint density at radius 3 is 3.00 bits per heavy atom. The van der Waals surface area contributed by atoms with Gasteiger partial charge in [0, 0.05) is 6.07 Å². The third kappa shape index (κ3) is 2.24. The molecular formula is C12H12N2O2S. The highest BCUT2D eigenvalue weighted by Crippen LogP contribution is 2.41. The summed E-state index contributed by atoms with van der Waals surface area (Å²) >= 11 is 1.48. The predicted molar refractivity (Wildman–Crippen MR) is 65.5 cm³/mol. The molecule has 1 aliphatic rings. The fourth-order valence-electron chi connectivity index (χ4n) is 1.70. The molecule has 2 heterocycles. The first-order valence-electron chi connectivity index (χ1n) is 5.55. The molecule has 1 N–H and O–H groups in total. The number of nitrogens with zero attached hydrogens (tertiary/aromatic N) is 1. The SMILES string of the molecule is Cc1cc(NC(=O)c2cc(C3CC3)cs2)no1. The minimum atomic E-state index is -0.116. The summed E-state index contributed by atoms with van der Waals surface area (Å²) in [4.78, 5) is 12.6. The molecule has 1 amide bonds. The zero-order valence-corrected chi connectivity index (χ0v) is 10.2. The van der Waals surface area contributed by atoms with E-state index in [1.807, 2.05) is 6.07 Å². The molecule has 5 heteroatoms. The van der Waals surface area contributed by atoms with Crippen molar-refractivity contribution in [2.45, 2.75) is 25.7 Å². The van der Waals surface area contributed by atoms with Gasteiger partial charge in [-0.25, -0.2) is 0 Å². The second-order valence-electron chi connectivity index (χ2n) is 4.30. The largest absolute Gasteiger partial charge is 0.360 e. The molecule has 4 nitrogen and oxygen atoms in total. The van der Waals surface area contributed by atoms with Gasteiger partial charge in [-0.15, -0.1) is 11.3 Å². The number of hydrogen-bond donors (Lipinski definition) is 1. The molecule has 3 rings (SSSR count). The van der Waals surface area contributed by atoms with E-state index >= 15 is 0 Å². The molecule has 0 atom stereocenters. The van der Waals surface area contributed by atoms with Gasteiger partial charge in [0.25, 0.3) is 5.91 Å². The maximum absolute atomic E-state index is 11.9. The monoisotopic (exact) mass is 248 g/mol. The topological polar surface area (TPSA) is 55.1 Å². The van der Waals surface area contributed by atoms with Crippen molar-refractivity contribution in [3.63, 3.8) is 0 Å². The van der Waals surface area contributed by atoms with Crippen LogP contribution in [0.25, 0.3) is 0 Å². The molecule has 0 saturated heterocycles. The van der Waals surface area contributed by atoms with Crippen LogP contribution in [0.2, 0.25) is 0 Å². The van der Waals surface area contributed by atoms with Gasteiger partial charge in [0.2, 0.25) is 0 Å². The molecule has 1 saturated carbocycles. The molecular weight excluding hydrogens is 236 g/mol. The maximum atomic E-state index is 11.9. The number of carbonyl (C=O) groups excluding carboxylic acids is 1. The molecule has 0 radical (unpaired) electrons. The fourth-order valence-corrected chi connectivity index (χ4v) is 2.59. The van der Waals surface area contributed by atoms with Gasteiger partial charge < -0.3 is 9.84 Å². The van der Waals surface area contributed by atoms with E-state index in [1.54, 1.807) is 13.0 Å². The van der Waals surface area contributed by atoms with Gasteiger partial charge >= 0.3 is 0 Å². The lowest BCUT2D eigenvalue weighted by atomic mass is 10.2. The normalized spacial score (nSPS) is 14.9. The predicted octanol–water partition coefficient (Wildman–Crippen LogP) is 3.17. The fraction of sp³-hybridized carbons (Fsp3) is 0.333. The van der Waals surface area contributed by atoms with E-state index in [0.717, 1.165) is 4.88 Å². The van der Waals surface area contributed by atoms with Crippen LogP contribution in [0, 0.1) is 6.92 Å². The minimum Gasteiger partial charge on any atom is -0.360 e. The van der Waals surface area contributed by atoms with Crippen LogP contribution in [0.5, 0.6) is 0 Å². The number of amides is 1. The van der Waals surface area contributed by atoms with Crippen LogP contribution in [-0.4, -0.2) is 11.1 Å². The van der Waals surface area contributed by atoms with Gasteiger partial charge in [-0.3, -0.25) is 4.79 Å². The zero-order chi connectivity index (χ0) is 11.8. The van der Waals surface area contributed by atoms with Crippen molar-refractivity contribution in [1.82, 2.24) is 5.16 Å². The van der Waals surface area contributed by atoms with Crippen molar-refractivity contribution in [2.24, 2.45) is 0 Å². The highest BCUT2D eigenvalue weighted by molar-refractivity contribution is 7.12. The minimum absolute atomic E-state index is 0.116. The van der Waals surface area contributed by atoms with Crippen molar-refractivity contribution in [1.29, 1.82) is 0 Å². The van der Waals surface area contributed by atoms with Gasteiger partial charge in [0.1, 0.15) is 5.76 Å². The molecule has 0 aromatic carbocycles. The molecule has 1 fully saturated rings. The van der Waals surface area contributed by atoms with Gasteiger partial charge in [-0.2, -0.15) is 0 Å². The Hall–Kier alpha value is -1.62. The second-order valence-corrected chi connectivity index (χ2v) is 5.21. The van der Waals surface area contributed by atoms with Gasteiger partial charge in [-0.1, -0.05) is 5.16 Å². The van der Waals surface area contributed by atoms with E-state index in [2.05, 4.69) is 15.9 Å². The summed E-state index contributed by atoms with van der Waals surface area (Å²) in [6.07, 6.45) is 2.50. The number of aryl methyl sites for hydroxylation is 1. The number of carbonyl (C=O) groups is 1. The lowest BCUT2D eigenvalue weighted by Gasteiger charge is -1.96. The summed E-state index contributed by atoms with van der Waals surface area (Å²) in [7, 11) is 0. The van der Waals surface area contributed by atoms with Crippen LogP contribution in [-0.2, 0) is 0 Å². The molecule has 2 aromatic rings. The average molecular weight is 248 g/mol. The van der Waals surface area contributed by atoms with Crippen molar-refractivity contribution in [3.05, 3.63) is 33.7 Å². The summed E-state index contributed by atoms with van der Waals surface area (Å²) in [5, 5.41) is 8.52. The van der Waals surface area contributed by atoms with Crippen molar-refractivity contribution in [2.75, 3.05) is 5.32 Å². The summed E-state index contributed by atoms with van der Waals surface area (Å²) in [5.74, 6) is 1.72. The maximum Gasteiger partial charge on any atom is 0.266 e. The Balaban J connectivity index is 1.72. The van der Waals surface area contributed by atoms with Crippen LogP contribution >= 0.6 is 11.3 Å². The zero-order valence-electron chi connectivity index (χ0n) is 9.40. The molecule has 2 aromatic heterocycles. The van der Waals surface area contributed by atoms with E-state index < -0.39 is 0 Å². The number of nitrogens with one attached hydrogen (secondary N) is 1.